The summed E-state index contributed by atoms with van der Waals surface area (Å²) in [6.07, 6.45) is 1.77. The summed E-state index contributed by atoms with van der Waals surface area (Å²) in [6, 6.07) is 7.62. The first-order chi connectivity index (χ1) is 8.20. The van der Waals surface area contributed by atoms with Crippen LogP contribution in [0, 0.1) is 0 Å². The zero-order valence-corrected chi connectivity index (χ0v) is 9.73. The molecule has 1 amide bonds. The molecule has 0 spiro atoms. The van der Waals surface area contributed by atoms with Crippen LogP contribution in [0.3, 0.4) is 0 Å². The molecule has 0 unspecified atom stereocenters. The van der Waals surface area contributed by atoms with Gasteiger partial charge in [-0.05, 0) is 37.4 Å². The van der Waals surface area contributed by atoms with Crippen molar-refractivity contribution in [1.29, 1.82) is 0 Å². The second kappa shape index (κ2) is 5.29. The van der Waals surface area contributed by atoms with Crippen molar-refractivity contribution in [2.24, 2.45) is 5.73 Å². The molecule has 0 atom stereocenters. The lowest BCUT2D eigenvalue weighted by Gasteiger charge is -2.32. The van der Waals surface area contributed by atoms with Crippen molar-refractivity contribution >= 4 is 5.91 Å². The molecular formula is C13H18N2O2. The van der Waals surface area contributed by atoms with E-state index in [0.717, 1.165) is 5.56 Å². The van der Waals surface area contributed by atoms with Crippen LogP contribution in [0.15, 0.2) is 24.3 Å². The van der Waals surface area contributed by atoms with Gasteiger partial charge in [0.05, 0.1) is 6.10 Å². The smallest absolute Gasteiger partial charge is 0.251 e. The van der Waals surface area contributed by atoms with Gasteiger partial charge >= 0.3 is 0 Å². The summed E-state index contributed by atoms with van der Waals surface area (Å²) >= 11 is 0. The molecule has 0 aromatic heterocycles. The van der Waals surface area contributed by atoms with Gasteiger partial charge in [-0.2, -0.15) is 0 Å². The average molecular weight is 234 g/mol. The standard InChI is InChI=1S/C13H18N2O2/c14-6-5-9-3-1-2-4-12(9)13(17)15-10-7-11(16)8-10/h1-4,10-11,16H,5-8,14H2,(H,15,17). The summed E-state index contributed by atoms with van der Waals surface area (Å²) < 4.78 is 0. The number of hydrogen-bond acceptors (Lipinski definition) is 3. The summed E-state index contributed by atoms with van der Waals surface area (Å²) in [4.78, 5) is 12.0. The van der Waals surface area contributed by atoms with Crippen LogP contribution in [-0.4, -0.2) is 29.7 Å². The Labute approximate surface area is 101 Å². The highest BCUT2D eigenvalue weighted by molar-refractivity contribution is 5.95. The molecule has 1 aliphatic carbocycles. The van der Waals surface area contributed by atoms with Gasteiger partial charge in [0.15, 0.2) is 0 Å². The summed E-state index contributed by atoms with van der Waals surface area (Å²) in [5.41, 5.74) is 7.19. The Hall–Kier alpha value is -1.39. The number of nitrogens with two attached hydrogens (primary N) is 1. The lowest BCUT2D eigenvalue weighted by molar-refractivity contribution is 0.0562. The predicted molar refractivity (Wildman–Crippen MR) is 65.7 cm³/mol. The minimum absolute atomic E-state index is 0.0639. The van der Waals surface area contributed by atoms with Crippen molar-refractivity contribution in [1.82, 2.24) is 5.32 Å². The van der Waals surface area contributed by atoms with Gasteiger partial charge in [-0.15, -0.1) is 0 Å². The van der Waals surface area contributed by atoms with E-state index in [2.05, 4.69) is 5.32 Å². The number of amides is 1. The van der Waals surface area contributed by atoms with Crippen LogP contribution < -0.4 is 11.1 Å². The molecule has 0 radical (unpaired) electrons. The number of aliphatic hydroxyl groups excluding tert-OH is 1. The van der Waals surface area contributed by atoms with E-state index in [-0.39, 0.29) is 18.1 Å². The van der Waals surface area contributed by atoms with E-state index in [0.29, 0.717) is 31.4 Å². The fraction of sp³-hybridized carbons (Fsp3) is 0.462. The van der Waals surface area contributed by atoms with Gasteiger partial charge in [-0.3, -0.25) is 4.79 Å². The molecule has 4 nitrogen and oxygen atoms in total. The maximum Gasteiger partial charge on any atom is 0.251 e. The zero-order chi connectivity index (χ0) is 12.3. The molecule has 0 saturated heterocycles. The second-order valence-electron chi connectivity index (χ2n) is 4.49. The first-order valence-corrected chi connectivity index (χ1v) is 5.97. The Morgan fingerprint density at radius 2 is 2.12 bits per heavy atom. The molecular weight excluding hydrogens is 216 g/mol. The summed E-state index contributed by atoms with van der Waals surface area (Å²) in [6.45, 7) is 0.534. The van der Waals surface area contributed by atoms with E-state index >= 15 is 0 Å². The number of carbonyl (C=O) groups is 1. The first kappa shape index (κ1) is 12.1. The Morgan fingerprint density at radius 1 is 1.41 bits per heavy atom. The normalized spacial score (nSPS) is 22.9. The van der Waals surface area contributed by atoms with Gasteiger partial charge in [0, 0.05) is 11.6 Å². The molecule has 1 saturated carbocycles. The third-order valence-electron chi connectivity index (χ3n) is 3.12. The third kappa shape index (κ3) is 2.84. The largest absolute Gasteiger partial charge is 0.393 e. The molecule has 0 bridgehead atoms. The molecule has 1 aromatic rings. The second-order valence-corrected chi connectivity index (χ2v) is 4.49. The van der Waals surface area contributed by atoms with Crippen LogP contribution in [0.5, 0.6) is 0 Å². The Bertz CT molecular complexity index is 400. The molecule has 1 fully saturated rings. The number of hydrogen-bond donors (Lipinski definition) is 3. The van der Waals surface area contributed by atoms with E-state index in [4.69, 9.17) is 5.73 Å². The molecule has 4 heteroatoms. The maximum atomic E-state index is 12.0. The lowest BCUT2D eigenvalue weighted by Crippen LogP contribution is -2.46. The first-order valence-electron chi connectivity index (χ1n) is 5.97. The summed E-state index contributed by atoms with van der Waals surface area (Å²) in [5, 5.41) is 12.1. The van der Waals surface area contributed by atoms with Gasteiger partial charge in [0.2, 0.25) is 0 Å². The van der Waals surface area contributed by atoms with E-state index in [9.17, 15) is 9.90 Å². The van der Waals surface area contributed by atoms with Crippen molar-refractivity contribution in [3.63, 3.8) is 0 Å². The third-order valence-corrected chi connectivity index (χ3v) is 3.12. The van der Waals surface area contributed by atoms with Crippen molar-refractivity contribution in [3.8, 4) is 0 Å². The lowest BCUT2D eigenvalue weighted by atomic mass is 9.89. The topological polar surface area (TPSA) is 75.4 Å². The van der Waals surface area contributed by atoms with Crippen molar-refractivity contribution < 1.29 is 9.90 Å². The van der Waals surface area contributed by atoms with Crippen LogP contribution in [-0.2, 0) is 6.42 Å². The molecule has 92 valence electrons. The summed E-state index contributed by atoms with van der Waals surface area (Å²) in [7, 11) is 0. The highest BCUT2D eigenvalue weighted by Crippen LogP contribution is 2.20. The van der Waals surface area contributed by atoms with Gasteiger partial charge in [-0.25, -0.2) is 0 Å². The molecule has 0 aliphatic heterocycles. The number of nitrogens with one attached hydrogen (secondary N) is 1. The maximum absolute atomic E-state index is 12.0. The molecule has 17 heavy (non-hydrogen) atoms. The predicted octanol–water partition coefficient (Wildman–Crippen LogP) is 0.441. The Balaban J connectivity index is 2.02. The van der Waals surface area contributed by atoms with Crippen molar-refractivity contribution in [2.75, 3.05) is 6.54 Å². The number of rotatable bonds is 4. The number of benzene rings is 1. The van der Waals surface area contributed by atoms with Gasteiger partial charge in [0.1, 0.15) is 0 Å². The van der Waals surface area contributed by atoms with Gasteiger partial charge in [-0.1, -0.05) is 18.2 Å². The molecule has 4 N–H and O–H groups in total. The van der Waals surface area contributed by atoms with E-state index in [1.54, 1.807) is 0 Å². The molecule has 0 heterocycles. The Kier molecular flexibility index (Phi) is 3.76. The average Bonchev–Trinajstić information content (AvgIpc) is 2.28. The number of aliphatic hydroxyl groups is 1. The molecule has 2 rings (SSSR count). The SMILES string of the molecule is NCCc1ccccc1C(=O)NC1CC(O)C1. The van der Waals surface area contributed by atoms with E-state index in [1.807, 2.05) is 24.3 Å². The van der Waals surface area contributed by atoms with Gasteiger partial charge < -0.3 is 16.2 Å². The monoisotopic (exact) mass is 234 g/mol. The quantitative estimate of drug-likeness (QED) is 0.707. The van der Waals surface area contributed by atoms with Crippen LogP contribution in [0.4, 0.5) is 0 Å². The minimum atomic E-state index is -0.250. The Morgan fingerprint density at radius 3 is 2.76 bits per heavy atom. The highest BCUT2D eigenvalue weighted by Gasteiger charge is 2.28. The summed E-state index contributed by atoms with van der Waals surface area (Å²) in [5.74, 6) is -0.0639. The fourth-order valence-corrected chi connectivity index (χ4v) is 2.08. The van der Waals surface area contributed by atoms with Crippen LogP contribution in [0.2, 0.25) is 0 Å². The zero-order valence-electron chi connectivity index (χ0n) is 9.73. The highest BCUT2D eigenvalue weighted by atomic mass is 16.3. The molecule has 1 aliphatic rings. The van der Waals surface area contributed by atoms with Crippen LogP contribution >= 0.6 is 0 Å². The molecule has 1 aromatic carbocycles. The van der Waals surface area contributed by atoms with E-state index < -0.39 is 0 Å². The van der Waals surface area contributed by atoms with Crippen molar-refractivity contribution in [3.05, 3.63) is 35.4 Å². The van der Waals surface area contributed by atoms with Crippen LogP contribution in [0.25, 0.3) is 0 Å². The van der Waals surface area contributed by atoms with Crippen molar-refractivity contribution in [2.45, 2.75) is 31.4 Å². The minimum Gasteiger partial charge on any atom is -0.393 e. The van der Waals surface area contributed by atoms with Gasteiger partial charge in [0.25, 0.3) is 5.91 Å². The van der Waals surface area contributed by atoms with Crippen LogP contribution in [0.1, 0.15) is 28.8 Å². The fourth-order valence-electron chi connectivity index (χ4n) is 2.08. The van der Waals surface area contributed by atoms with E-state index in [1.165, 1.54) is 0 Å². The number of carbonyl (C=O) groups excluding carboxylic acids is 1.